The van der Waals surface area contributed by atoms with Gasteiger partial charge in [0, 0.05) is 30.2 Å². The predicted octanol–water partition coefficient (Wildman–Crippen LogP) is 3.20. The molecule has 1 fully saturated rings. The zero-order valence-corrected chi connectivity index (χ0v) is 19.8. The highest BCUT2D eigenvalue weighted by Crippen LogP contribution is 2.27. The van der Waals surface area contributed by atoms with Crippen molar-refractivity contribution >= 4 is 33.4 Å². The normalized spacial score (nSPS) is 16.2. The van der Waals surface area contributed by atoms with Crippen molar-refractivity contribution in [2.24, 2.45) is 5.92 Å². The van der Waals surface area contributed by atoms with Crippen molar-refractivity contribution in [1.29, 1.82) is 0 Å². The molecule has 2 aromatic carbocycles. The van der Waals surface area contributed by atoms with Gasteiger partial charge in [-0.3, -0.25) is 9.59 Å². The number of amides is 2. The zero-order chi connectivity index (χ0) is 24.0. The van der Waals surface area contributed by atoms with Crippen LogP contribution in [0, 0.1) is 11.7 Å². The van der Waals surface area contributed by atoms with E-state index in [-0.39, 0.29) is 35.4 Å². The second-order valence-electron chi connectivity index (χ2n) is 7.94. The minimum atomic E-state index is -3.68. The molecule has 178 valence electrons. The van der Waals surface area contributed by atoms with E-state index in [0.29, 0.717) is 24.4 Å². The number of halogens is 2. The molecule has 1 aliphatic heterocycles. The first kappa shape index (κ1) is 25.1. The monoisotopic (exact) mass is 495 g/mol. The van der Waals surface area contributed by atoms with Gasteiger partial charge in [0.15, 0.2) is 0 Å². The molecule has 7 nitrogen and oxygen atoms in total. The van der Waals surface area contributed by atoms with E-state index >= 15 is 0 Å². The molecule has 2 amide bonds. The molecule has 0 aromatic heterocycles. The van der Waals surface area contributed by atoms with E-state index in [1.807, 2.05) is 6.92 Å². The van der Waals surface area contributed by atoms with E-state index in [9.17, 15) is 22.4 Å². The van der Waals surface area contributed by atoms with Gasteiger partial charge in [0.2, 0.25) is 15.9 Å². The number of hydrogen-bond donors (Lipinski definition) is 2. The van der Waals surface area contributed by atoms with E-state index in [0.717, 1.165) is 6.42 Å². The van der Waals surface area contributed by atoms with Crippen LogP contribution in [0.1, 0.15) is 36.5 Å². The molecule has 0 saturated carbocycles. The summed E-state index contributed by atoms with van der Waals surface area (Å²) in [6, 6.07) is 10.2. The summed E-state index contributed by atoms with van der Waals surface area (Å²) < 4.78 is 40.5. The van der Waals surface area contributed by atoms with Crippen LogP contribution < -0.4 is 10.6 Å². The van der Waals surface area contributed by atoms with Crippen LogP contribution in [0.25, 0.3) is 0 Å². The summed E-state index contributed by atoms with van der Waals surface area (Å²) in [6.07, 6.45) is 1.55. The van der Waals surface area contributed by atoms with Crippen LogP contribution in [0.2, 0.25) is 5.02 Å². The number of benzene rings is 2. The second kappa shape index (κ2) is 11.1. The van der Waals surface area contributed by atoms with E-state index in [2.05, 4.69) is 10.6 Å². The number of rotatable bonds is 8. The molecular weight excluding hydrogens is 469 g/mol. The number of hydrogen-bond acceptors (Lipinski definition) is 4. The Morgan fingerprint density at radius 1 is 1.09 bits per heavy atom. The Bertz CT molecular complexity index is 1070. The zero-order valence-electron chi connectivity index (χ0n) is 18.3. The molecule has 1 saturated heterocycles. The molecule has 0 bridgehead atoms. The maximum atomic E-state index is 13.2. The molecule has 33 heavy (non-hydrogen) atoms. The van der Waals surface area contributed by atoms with Gasteiger partial charge in [-0.25, -0.2) is 12.8 Å². The average Bonchev–Trinajstić information content (AvgIpc) is 2.81. The van der Waals surface area contributed by atoms with Gasteiger partial charge < -0.3 is 10.6 Å². The van der Waals surface area contributed by atoms with Crippen LogP contribution in [0.15, 0.2) is 53.4 Å². The van der Waals surface area contributed by atoms with Gasteiger partial charge in [0.1, 0.15) is 11.9 Å². The van der Waals surface area contributed by atoms with E-state index < -0.39 is 27.8 Å². The Labute approximate surface area is 198 Å². The molecule has 1 heterocycles. The summed E-state index contributed by atoms with van der Waals surface area (Å²) >= 11 is 5.86. The van der Waals surface area contributed by atoms with E-state index in [4.69, 9.17) is 11.6 Å². The highest BCUT2D eigenvalue weighted by molar-refractivity contribution is 7.89. The first-order chi connectivity index (χ1) is 15.7. The summed E-state index contributed by atoms with van der Waals surface area (Å²) in [6.45, 7) is 2.83. The molecule has 0 radical (unpaired) electrons. The van der Waals surface area contributed by atoms with Gasteiger partial charge in [0.25, 0.3) is 5.91 Å². The lowest BCUT2D eigenvalue weighted by atomic mass is 9.89. The van der Waals surface area contributed by atoms with Gasteiger partial charge in [-0.15, -0.1) is 0 Å². The Morgan fingerprint density at radius 2 is 1.70 bits per heavy atom. The molecule has 0 spiro atoms. The highest BCUT2D eigenvalue weighted by Gasteiger charge is 2.36. The molecule has 2 N–H and O–H groups in total. The maximum Gasteiger partial charge on any atom is 0.251 e. The Kier molecular flexibility index (Phi) is 8.45. The van der Waals surface area contributed by atoms with Gasteiger partial charge in [-0.1, -0.05) is 18.5 Å². The Morgan fingerprint density at radius 3 is 2.27 bits per heavy atom. The molecule has 1 atom stereocenters. The number of piperidine rings is 1. The predicted molar refractivity (Wildman–Crippen MR) is 124 cm³/mol. The third-order valence-corrected chi connectivity index (χ3v) is 7.81. The van der Waals surface area contributed by atoms with Crippen molar-refractivity contribution in [2.45, 2.75) is 37.1 Å². The molecule has 3 rings (SSSR count). The molecule has 1 aliphatic rings. The smallest absolute Gasteiger partial charge is 0.251 e. The summed E-state index contributed by atoms with van der Waals surface area (Å²) in [4.78, 5) is 25.7. The van der Waals surface area contributed by atoms with Crippen molar-refractivity contribution in [1.82, 2.24) is 14.9 Å². The van der Waals surface area contributed by atoms with Crippen LogP contribution in [-0.4, -0.2) is 50.2 Å². The van der Waals surface area contributed by atoms with Crippen LogP contribution in [0.5, 0.6) is 0 Å². The number of nitrogens with zero attached hydrogens (tertiary/aromatic N) is 1. The Hall–Kier alpha value is -2.49. The second-order valence-corrected chi connectivity index (χ2v) is 10.3. The third kappa shape index (κ3) is 6.31. The van der Waals surface area contributed by atoms with Crippen LogP contribution in [0.4, 0.5) is 4.39 Å². The Balaban J connectivity index is 1.71. The fourth-order valence-electron chi connectivity index (χ4n) is 3.79. The molecule has 10 heteroatoms. The van der Waals surface area contributed by atoms with Crippen molar-refractivity contribution < 1.29 is 22.4 Å². The molecule has 2 aromatic rings. The minimum absolute atomic E-state index is 0.159. The quantitative estimate of drug-likeness (QED) is 0.588. The number of carbonyl (C=O) groups is 2. The van der Waals surface area contributed by atoms with Crippen LogP contribution in [0.3, 0.4) is 0 Å². The van der Waals surface area contributed by atoms with Gasteiger partial charge >= 0.3 is 0 Å². The average molecular weight is 496 g/mol. The lowest BCUT2D eigenvalue weighted by Crippen LogP contribution is -2.53. The first-order valence-corrected chi connectivity index (χ1v) is 12.6. The fraction of sp³-hybridized carbons (Fsp3) is 0.391. The number of nitrogens with one attached hydrogen (secondary N) is 2. The van der Waals surface area contributed by atoms with Gasteiger partial charge in [-0.05, 0) is 73.7 Å². The largest absolute Gasteiger partial charge is 0.354 e. The summed E-state index contributed by atoms with van der Waals surface area (Å²) in [5.41, 5.74) is 0.243. The summed E-state index contributed by atoms with van der Waals surface area (Å²) in [5, 5.41) is 6.03. The fourth-order valence-corrected chi connectivity index (χ4v) is 5.38. The molecular formula is C23H27ClFN3O4S. The standard InChI is InChI=1S/C23H27ClFN3O4S/c1-2-13-26-23(30)21(27-22(29)17-3-7-19(25)8-4-17)16-11-14-28(15-12-16)33(31,32)20-9-5-18(24)6-10-20/h3-10,16,21H,2,11-15H2,1H3,(H,26,30)(H,27,29)/t21-/m0/s1. The number of carbonyl (C=O) groups excluding carboxylic acids is 2. The van der Waals surface area contributed by atoms with Gasteiger partial charge in [-0.2, -0.15) is 4.31 Å². The first-order valence-electron chi connectivity index (χ1n) is 10.8. The van der Waals surface area contributed by atoms with Crippen molar-refractivity contribution in [3.05, 3.63) is 64.9 Å². The summed E-state index contributed by atoms with van der Waals surface area (Å²) in [7, 11) is -3.68. The highest BCUT2D eigenvalue weighted by atomic mass is 35.5. The third-order valence-electron chi connectivity index (χ3n) is 5.65. The molecule has 0 unspecified atom stereocenters. The lowest BCUT2D eigenvalue weighted by Gasteiger charge is -2.35. The van der Waals surface area contributed by atoms with Crippen molar-refractivity contribution in [3.8, 4) is 0 Å². The van der Waals surface area contributed by atoms with Gasteiger partial charge in [0.05, 0.1) is 4.90 Å². The maximum absolute atomic E-state index is 13.2. The summed E-state index contributed by atoms with van der Waals surface area (Å²) in [5.74, 6) is -1.50. The van der Waals surface area contributed by atoms with Crippen molar-refractivity contribution in [3.63, 3.8) is 0 Å². The molecule has 0 aliphatic carbocycles. The number of sulfonamides is 1. The van der Waals surface area contributed by atoms with Crippen molar-refractivity contribution in [2.75, 3.05) is 19.6 Å². The van der Waals surface area contributed by atoms with Crippen LogP contribution >= 0.6 is 11.6 Å². The topological polar surface area (TPSA) is 95.6 Å². The minimum Gasteiger partial charge on any atom is -0.354 e. The van der Waals surface area contributed by atoms with Crippen LogP contribution in [-0.2, 0) is 14.8 Å². The lowest BCUT2D eigenvalue weighted by molar-refractivity contribution is -0.124. The SMILES string of the molecule is CCCNC(=O)[C@@H](NC(=O)c1ccc(F)cc1)C1CCN(S(=O)(=O)c2ccc(Cl)cc2)CC1. The van der Waals surface area contributed by atoms with E-state index in [1.54, 1.807) is 0 Å². The van der Waals surface area contributed by atoms with E-state index in [1.165, 1.54) is 52.8 Å².